The van der Waals surface area contributed by atoms with Crippen molar-refractivity contribution in [2.24, 2.45) is 0 Å². The Labute approximate surface area is 114 Å². The molecule has 0 aromatic carbocycles. The van der Waals surface area contributed by atoms with Crippen LogP contribution < -0.4 is 5.32 Å². The van der Waals surface area contributed by atoms with Gasteiger partial charge in [0.25, 0.3) is 0 Å². The minimum Gasteiger partial charge on any atom is -0.366 e. The molecule has 0 bridgehead atoms. The van der Waals surface area contributed by atoms with Crippen LogP contribution in [0.5, 0.6) is 0 Å². The molecule has 1 aromatic heterocycles. The van der Waals surface area contributed by atoms with Crippen LogP contribution in [0.4, 0.5) is 19.0 Å². The highest BCUT2D eigenvalue weighted by Gasteiger charge is 2.32. The Morgan fingerprint density at radius 1 is 1.37 bits per heavy atom. The van der Waals surface area contributed by atoms with E-state index in [1.165, 1.54) is 17.4 Å². The molecule has 2 rings (SSSR count). The molecule has 19 heavy (non-hydrogen) atoms. The number of nitrogens with zero attached hydrogens (tertiary/aromatic N) is 3. The van der Waals surface area contributed by atoms with Gasteiger partial charge in [-0.3, -0.25) is 4.90 Å². The smallest absolute Gasteiger partial charge is 0.366 e. The molecule has 1 fully saturated rings. The van der Waals surface area contributed by atoms with E-state index in [0.29, 0.717) is 36.8 Å². The van der Waals surface area contributed by atoms with Crippen LogP contribution in [0.25, 0.3) is 0 Å². The maximum atomic E-state index is 12.2. The van der Waals surface area contributed by atoms with Crippen LogP contribution in [0.2, 0.25) is 5.02 Å². The summed E-state index contributed by atoms with van der Waals surface area (Å²) in [7, 11) is 0. The molecule has 106 valence electrons. The molecular formula is C11H14ClF3N4. The molecule has 4 nitrogen and oxygen atoms in total. The predicted molar refractivity (Wildman–Crippen MR) is 66.2 cm³/mol. The number of anilines is 1. The molecular weight excluding hydrogens is 281 g/mol. The van der Waals surface area contributed by atoms with Gasteiger partial charge in [0.1, 0.15) is 17.2 Å². The summed E-state index contributed by atoms with van der Waals surface area (Å²) in [6, 6.07) is 0.0943. The highest BCUT2D eigenvalue weighted by molar-refractivity contribution is 6.32. The van der Waals surface area contributed by atoms with Crippen molar-refractivity contribution in [3.05, 3.63) is 17.5 Å². The number of hydrogen-bond acceptors (Lipinski definition) is 4. The molecule has 0 radical (unpaired) electrons. The molecule has 0 atom stereocenters. The summed E-state index contributed by atoms with van der Waals surface area (Å²) in [5, 5.41) is 3.56. The van der Waals surface area contributed by atoms with Crippen LogP contribution in [0.1, 0.15) is 12.8 Å². The first kappa shape index (κ1) is 14.3. The fourth-order valence-corrected chi connectivity index (χ4v) is 2.26. The van der Waals surface area contributed by atoms with E-state index in [-0.39, 0.29) is 6.04 Å². The lowest BCUT2D eigenvalue weighted by atomic mass is 10.1. The van der Waals surface area contributed by atoms with Crippen molar-refractivity contribution in [2.45, 2.75) is 25.1 Å². The first-order valence-corrected chi connectivity index (χ1v) is 6.33. The van der Waals surface area contributed by atoms with Crippen LogP contribution >= 0.6 is 11.6 Å². The average Bonchev–Trinajstić information content (AvgIpc) is 2.33. The Balaban J connectivity index is 1.82. The third-order valence-electron chi connectivity index (χ3n) is 3.00. The van der Waals surface area contributed by atoms with Crippen LogP contribution in [-0.4, -0.2) is 46.7 Å². The summed E-state index contributed by atoms with van der Waals surface area (Å²) in [4.78, 5) is 9.19. The lowest BCUT2D eigenvalue weighted by Gasteiger charge is -2.32. The zero-order valence-corrected chi connectivity index (χ0v) is 10.9. The molecule has 0 saturated carbocycles. The van der Waals surface area contributed by atoms with E-state index in [0.717, 1.165) is 0 Å². The van der Waals surface area contributed by atoms with E-state index < -0.39 is 12.7 Å². The third kappa shape index (κ3) is 4.50. The van der Waals surface area contributed by atoms with Crippen LogP contribution in [0.15, 0.2) is 12.5 Å². The van der Waals surface area contributed by atoms with E-state index in [4.69, 9.17) is 11.6 Å². The van der Waals surface area contributed by atoms with Crippen molar-refractivity contribution < 1.29 is 13.2 Å². The lowest BCUT2D eigenvalue weighted by Crippen LogP contribution is -2.43. The standard InChI is InChI=1S/C11H14ClF3N4/c12-9-5-16-7-17-10(9)18-8-1-3-19(4-2-8)6-11(13,14)15/h5,7-8H,1-4,6H2,(H,16,17,18). The minimum atomic E-state index is -4.13. The molecule has 0 aliphatic carbocycles. The number of halogens is 4. The summed E-state index contributed by atoms with van der Waals surface area (Å²) in [5.74, 6) is 0.533. The number of nitrogens with one attached hydrogen (secondary N) is 1. The molecule has 1 saturated heterocycles. The van der Waals surface area contributed by atoms with Gasteiger partial charge >= 0.3 is 6.18 Å². The molecule has 1 N–H and O–H groups in total. The highest BCUT2D eigenvalue weighted by atomic mass is 35.5. The lowest BCUT2D eigenvalue weighted by molar-refractivity contribution is -0.147. The van der Waals surface area contributed by atoms with Crippen LogP contribution in [-0.2, 0) is 0 Å². The SMILES string of the molecule is FC(F)(F)CN1CCC(Nc2ncncc2Cl)CC1. The Morgan fingerprint density at radius 3 is 2.63 bits per heavy atom. The van der Waals surface area contributed by atoms with Crippen LogP contribution in [0.3, 0.4) is 0 Å². The summed E-state index contributed by atoms with van der Waals surface area (Å²) in [6.07, 6.45) is 0.00568. The monoisotopic (exact) mass is 294 g/mol. The van der Waals surface area contributed by atoms with Gasteiger partial charge in [-0.25, -0.2) is 9.97 Å². The van der Waals surface area contributed by atoms with Crippen molar-refractivity contribution in [3.63, 3.8) is 0 Å². The Hall–Kier alpha value is -1.08. The molecule has 0 unspecified atom stereocenters. The van der Waals surface area contributed by atoms with Gasteiger partial charge in [0.05, 0.1) is 12.7 Å². The molecule has 1 aromatic rings. The molecule has 0 spiro atoms. The quantitative estimate of drug-likeness (QED) is 0.930. The van der Waals surface area contributed by atoms with Gasteiger partial charge in [-0.15, -0.1) is 0 Å². The van der Waals surface area contributed by atoms with E-state index in [1.54, 1.807) is 0 Å². The van der Waals surface area contributed by atoms with Crippen molar-refractivity contribution in [1.29, 1.82) is 0 Å². The second-order valence-corrected chi connectivity index (χ2v) is 4.94. The van der Waals surface area contributed by atoms with Gasteiger partial charge in [0, 0.05) is 19.1 Å². The highest BCUT2D eigenvalue weighted by Crippen LogP contribution is 2.23. The average molecular weight is 295 g/mol. The molecule has 1 aliphatic heterocycles. The number of piperidine rings is 1. The zero-order chi connectivity index (χ0) is 13.9. The first-order valence-electron chi connectivity index (χ1n) is 5.95. The van der Waals surface area contributed by atoms with Gasteiger partial charge < -0.3 is 5.32 Å². The summed E-state index contributed by atoms with van der Waals surface area (Å²) in [5.41, 5.74) is 0. The first-order chi connectivity index (χ1) is 8.94. The fraction of sp³-hybridized carbons (Fsp3) is 0.636. The largest absolute Gasteiger partial charge is 0.401 e. The summed E-state index contributed by atoms with van der Waals surface area (Å²) in [6.45, 7) is -0.00621. The van der Waals surface area contributed by atoms with Crippen LogP contribution in [0, 0.1) is 0 Å². The second-order valence-electron chi connectivity index (χ2n) is 4.53. The Morgan fingerprint density at radius 2 is 2.05 bits per heavy atom. The second kappa shape index (κ2) is 5.92. The van der Waals surface area contributed by atoms with E-state index in [2.05, 4.69) is 15.3 Å². The number of rotatable bonds is 3. The predicted octanol–water partition coefficient (Wildman–Crippen LogP) is 2.57. The van der Waals surface area contributed by atoms with Crippen molar-refractivity contribution >= 4 is 17.4 Å². The zero-order valence-electron chi connectivity index (χ0n) is 10.1. The summed E-state index contributed by atoms with van der Waals surface area (Å²) >= 11 is 5.91. The minimum absolute atomic E-state index is 0.0943. The normalized spacial score (nSPS) is 18.5. The number of aromatic nitrogens is 2. The van der Waals surface area contributed by atoms with Gasteiger partial charge in [-0.1, -0.05) is 11.6 Å². The molecule has 0 amide bonds. The maximum absolute atomic E-state index is 12.2. The summed E-state index contributed by atoms with van der Waals surface area (Å²) < 4.78 is 36.7. The fourth-order valence-electron chi connectivity index (χ4n) is 2.10. The number of likely N-dealkylation sites (tertiary alicyclic amines) is 1. The van der Waals surface area contributed by atoms with Gasteiger partial charge in [0.2, 0.25) is 0 Å². The van der Waals surface area contributed by atoms with Crippen molar-refractivity contribution in [1.82, 2.24) is 14.9 Å². The Bertz CT molecular complexity index is 419. The van der Waals surface area contributed by atoms with Crippen molar-refractivity contribution in [3.8, 4) is 0 Å². The Kier molecular flexibility index (Phi) is 4.46. The molecule has 8 heteroatoms. The van der Waals surface area contributed by atoms with Gasteiger partial charge in [-0.05, 0) is 12.8 Å². The number of hydrogen-bond donors (Lipinski definition) is 1. The number of alkyl halides is 3. The maximum Gasteiger partial charge on any atom is 0.401 e. The van der Waals surface area contributed by atoms with Gasteiger partial charge in [-0.2, -0.15) is 13.2 Å². The van der Waals surface area contributed by atoms with Gasteiger partial charge in [0.15, 0.2) is 0 Å². The molecule has 2 heterocycles. The third-order valence-corrected chi connectivity index (χ3v) is 3.28. The van der Waals surface area contributed by atoms with E-state index in [9.17, 15) is 13.2 Å². The topological polar surface area (TPSA) is 41.0 Å². The van der Waals surface area contributed by atoms with E-state index in [1.807, 2.05) is 0 Å². The molecule has 1 aliphatic rings. The van der Waals surface area contributed by atoms with Crippen molar-refractivity contribution in [2.75, 3.05) is 25.0 Å². The van der Waals surface area contributed by atoms with E-state index >= 15 is 0 Å².